The SMILES string of the molecule is CCC(c1nc2ccccc2c(=O)n1-c1ccc(C)cc1)N(CC)C(=O)c1ccc(F)cc1. The van der Waals surface area contributed by atoms with E-state index >= 15 is 0 Å². The fraction of sp³-hybridized carbons (Fsp3) is 0.222. The number of amides is 1. The minimum absolute atomic E-state index is 0.178. The van der Waals surface area contributed by atoms with Crippen molar-refractivity contribution in [2.24, 2.45) is 0 Å². The van der Waals surface area contributed by atoms with E-state index in [0.29, 0.717) is 40.9 Å². The fourth-order valence-electron chi connectivity index (χ4n) is 4.12. The Kier molecular flexibility index (Phi) is 6.36. The number of benzene rings is 3. The second-order valence-electron chi connectivity index (χ2n) is 7.99. The molecule has 1 aromatic heterocycles. The van der Waals surface area contributed by atoms with Crippen molar-refractivity contribution in [3.8, 4) is 5.69 Å². The lowest BCUT2D eigenvalue weighted by molar-refractivity contribution is 0.0672. The van der Waals surface area contributed by atoms with Crippen LogP contribution in [-0.4, -0.2) is 26.9 Å². The quantitative estimate of drug-likeness (QED) is 0.398. The van der Waals surface area contributed by atoms with Crippen LogP contribution in [-0.2, 0) is 0 Å². The molecule has 0 aliphatic rings. The van der Waals surface area contributed by atoms with Gasteiger partial charge in [-0.05, 0) is 68.8 Å². The number of carbonyl (C=O) groups is 1. The first-order chi connectivity index (χ1) is 15.9. The molecule has 1 amide bonds. The number of hydrogen-bond acceptors (Lipinski definition) is 3. The number of fused-ring (bicyclic) bond motifs is 1. The van der Waals surface area contributed by atoms with Crippen LogP contribution < -0.4 is 5.56 Å². The minimum Gasteiger partial charge on any atom is -0.329 e. The predicted molar refractivity (Wildman–Crippen MR) is 128 cm³/mol. The summed E-state index contributed by atoms with van der Waals surface area (Å²) in [4.78, 5) is 33.6. The second-order valence-corrected chi connectivity index (χ2v) is 7.99. The summed E-state index contributed by atoms with van der Waals surface area (Å²) in [5, 5.41) is 0.518. The molecule has 33 heavy (non-hydrogen) atoms. The molecule has 1 atom stereocenters. The van der Waals surface area contributed by atoms with Crippen LogP contribution in [0.15, 0.2) is 77.6 Å². The molecule has 3 aromatic carbocycles. The first kappa shape index (κ1) is 22.4. The van der Waals surface area contributed by atoms with Gasteiger partial charge in [-0.15, -0.1) is 0 Å². The molecular formula is C27H26FN3O2. The lowest BCUT2D eigenvalue weighted by atomic mass is 10.1. The molecule has 4 rings (SSSR count). The van der Waals surface area contributed by atoms with E-state index in [9.17, 15) is 14.0 Å². The highest BCUT2D eigenvalue weighted by Crippen LogP contribution is 2.27. The topological polar surface area (TPSA) is 55.2 Å². The van der Waals surface area contributed by atoms with E-state index in [4.69, 9.17) is 4.98 Å². The van der Waals surface area contributed by atoms with Gasteiger partial charge in [-0.1, -0.05) is 36.8 Å². The Morgan fingerprint density at radius 2 is 1.67 bits per heavy atom. The standard InChI is InChI=1S/C27H26FN3O2/c1-4-24(30(5-2)26(32)19-12-14-20(28)15-13-19)25-29-23-9-7-6-8-22(23)27(33)31(25)21-16-10-18(3)11-17-21/h6-17,24H,4-5H2,1-3H3. The monoisotopic (exact) mass is 443 g/mol. The molecule has 0 saturated heterocycles. The Labute approximate surface area is 192 Å². The number of aryl methyl sites for hydroxylation is 1. The molecule has 0 aliphatic carbocycles. The summed E-state index contributed by atoms with van der Waals surface area (Å²) < 4.78 is 15.0. The van der Waals surface area contributed by atoms with Crippen molar-refractivity contribution < 1.29 is 9.18 Å². The van der Waals surface area contributed by atoms with E-state index in [1.807, 2.05) is 63.2 Å². The van der Waals surface area contributed by atoms with Crippen molar-refractivity contribution in [2.75, 3.05) is 6.54 Å². The highest BCUT2D eigenvalue weighted by atomic mass is 19.1. The van der Waals surface area contributed by atoms with Crippen molar-refractivity contribution in [3.05, 3.63) is 106 Å². The molecule has 1 unspecified atom stereocenters. The van der Waals surface area contributed by atoms with Gasteiger partial charge in [0, 0.05) is 12.1 Å². The zero-order valence-electron chi connectivity index (χ0n) is 19.0. The van der Waals surface area contributed by atoms with Crippen LogP contribution in [0.25, 0.3) is 16.6 Å². The summed E-state index contributed by atoms with van der Waals surface area (Å²) in [6.45, 7) is 6.25. The Balaban J connectivity index is 1.92. The van der Waals surface area contributed by atoms with E-state index in [1.165, 1.54) is 24.3 Å². The molecule has 0 radical (unpaired) electrons. The van der Waals surface area contributed by atoms with Gasteiger partial charge >= 0.3 is 0 Å². The Hall–Kier alpha value is -3.80. The molecule has 0 bridgehead atoms. The number of carbonyl (C=O) groups excluding carboxylic acids is 1. The number of nitrogens with zero attached hydrogens (tertiary/aromatic N) is 3. The third kappa shape index (κ3) is 4.29. The van der Waals surface area contributed by atoms with E-state index in [2.05, 4.69) is 0 Å². The summed E-state index contributed by atoms with van der Waals surface area (Å²) in [6.07, 6.45) is 0.553. The van der Waals surface area contributed by atoms with Gasteiger partial charge in [0.1, 0.15) is 11.6 Å². The van der Waals surface area contributed by atoms with Crippen LogP contribution >= 0.6 is 0 Å². The maximum Gasteiger partial charge on any atom is 0.266 e. The normalized spacial score (nSPS) is 12.0. The summed E-state index contributed by atoms with van der Waals surface area (Å²) in [5.41, 5.74) is 2.58. The third-order valence-corrected chi connectivity index (χ3v) is 5.85. The van der Waals surface area contributed by atoms with E-state index in [-0.39, 0.29) is 11.5 Å². The van der Waals surface area contributed by atoms with Gasteiger partial charge in [-0.25, -0.2) is 9.37 Å². The van der Waals surface area contributed by atoms with Gasteiger partial charge < -0.3 is 4.90 Å². The number of hydrogen-bond donors (Lipinski definition) is 0. The number of halogens is 1. The van der Waals surface area contributed by atoms with E-state index in [1.54, 1.807) is 15.5 Å². The van der Waals surface area contributed by atoms with E-state index in [0.717, 1.165) is 5.56 Å². The minimum atomic E-state index is -0.453. The van der Waals surface area contributed by atoms with Crippen LogP contribution in [0.3, 0.4) is 0 Å². The Bertz CT molecular complexity index is 1340. The maximum absolute atomic E-state index is 13.6. The molecule has 6 heteroatoms. The molecule has 0 aliphatic heterocycles. The summed E-state index contributed by atoms with van der Waals surface area (Å²) in [6, 6.07) is 20.0. The number of rotatable bonds is 6. The van der Waals surface area contributed by atoms with E-state index < -0.39 is 11.9 Å². The molecule has 4 aromatic rings. The van der Waals surface area contributed by atoms with Gasteiger partial charge in [0.15, 0.2) is 0 Å². The first-order valence-electron chi connectivity index (χ1n) is 11.1. The van der Waals surface area contributed by atoms with Crippen molar-refractivity contribution in [1.29, 1.82) is 0 Å². The predicted octanol–water partition coefficient (Wildman–Crippen LogP) is 5.45. The summed E-state index contributed by atoms with van der Waals surface area (Å²) in [5.74, 6) is -0.129. The molecular weight excluding hydrogens is 417 g/mol. The smallest absolute Gasteiger partial charge is 0.266 e. The van der Waals surface area contributed by atoms with Crippen molar-refractivity contribution in [2.45, 2.75) is 33.2 Å². The Morgan fingerprint density at radius 1 is 1.00 bits per heavy atom. The van der Waals surface area contributed by atoms with Crippen LogP contribution in [0.2, 0.25) is 0 Å². The van der Waals surface area contributed by atoms with Gasteiger partial charge in [0.25, 0.3) is 11.5 Å². The lowest BCUT2D eigenvalue weighted by Gasteiger charge is -2.31. The number of para-hydroxylation sites is 1. The molecule has 0 N–H and O–H groups in total. The maximum atomic E-state index is 13.6. The average molecular weight is 444 g/mol. The average Bonchev–Trinajstić information content (AvgIpc) is 2.83. The molecule has 0 spiro atoms. The third-order valence-electron chi connectivity index (χ3n) is 5.85. The second kappa shape index (κ2) is 9.36. The largest absolute Gasteiger partial charge is 0.329 e. The first-order valence-corrected chi connectivity index (χ1v) is 11.1. The van der Waals surface area contributed by atoms with Gasteiger partial charge in [0.2, 0.25) is 0 Å². The molecule has 168 valence electrons. The van der Waals surface area contributed by atoms with Crippen LogP contribution in [0.5, 0.6) is 0 Å². The van der Waals surface area contributed by atoms with Crippen LogP contribution in [0.4, 0.5) is 4.39 Å². The molecule has 5 nitrogen and oxygen atoms in total. The van der Waals surface area contributed by atoms with Crippen molar-refractivity contribution >= 4 is 16.8 Å². The van der Waals surface area contributed by atoms with Gasteiger partial charge in [0.05, 0.1) is 22.6 Å². The molecule has 1 heterocycles. The number of aromatic nitrogens is 2. The highest BCUT2D eigenvalue weighted by molar-refractivity contribution is 5.94. The van der Waals surface area contributed by atoms with Crippen LogP contribution in [0, 0.1) is 12.7 Å². The van der Waals surface area contributed by atoms with Gasteiger partial charge in [-0.3, -0.25) is 14.2 Å². The van der Waals surface area contributed by atoms with Crippen molar-refractivity contribution in [3.63, 3.8) is 0 Å². The van der Waals surface area contributed by atoms with Crippen LogP contribution in [0.1, 0.15) is 48.1 Å². The zero-order chi connectivity index (χ0) is 23.5. The van der Waals surface area contributed by atoms with Gasteiger partial charge in [-0.2, -0.15) is 0 Å². The zero-order valence-corrected chi connectivity index (χ0v) is 19.0. The van der Waals surface area contributed by atoms with Crippen molar-refractivity contribution in [1.82, 2.24) is 14.5 Å². The fourth-order valence-corrected chi connectivity index (χ4v) is 4.12. The lowest BCUT2D eigenvalue weighted by Crippen LogP contribution is -2.38. The highest BCUT2D eigenvalue weighted by Gasteiger charge is 2.28. The Morgan fingerprint density at radius 3 is 2.30 bits per heavy atom. The summed E-state index contributed by atoms with van der Waals surface area (Å²) >= 11 is 0. The molecule has 0 fully saturated rings. The molecule has 0 saturated carbocycles. The summed E-state index contributed by atoms with van der Waals surface area (Å²) in [7, 11) is 0.